The van der Waals surface area contributed by atoms with Crippen LogP contribution >= 0.6 is 22.7 Å². The molecule has 1 amide bonds. The fraction of sp³-hybridized carbons (Fsp3) is 0.618. The summed E-state index contributed by atoms with van der Waals surface area (Å²) in [6, 6.07) is 0. The Labute approximate surface area is 318 Å². The molecule has 0 atom stereocenters. The molecule has 0 aromatic carbocycles. The summed E-state index contributed by atoms with van der Waals surface area (Å²) in [5.74, 6) is -9.44. The number of hydrogen-bond acceptors (Lipinski definition) is 11. The highest BCUT2D eigenvalue weighted by Gasteiger charge is 2.49. The molecule has 2 heterocycles. The number of nitrogen functional groups attached to an aromatic ring is 1. The number of aryl methyl sites for hydroxylation is 2. The van der Waals surface area contributed by atoms with Crippen molar-refractivity contribution in [2.45, 2.75) is 135 Å². The van der Waals surface area contributed by atoms with Gasteiger partial charge in [-0.3, -0.25) is 4.79 Å². The lowest BCUT2D eigenvalue weighted by molar-refractivity contribution is -0.221. The van der Waals surface area contributed by atoms with E-state index < -0.39 is 53.5 Å². The first-order valence-electron chi connectivity index (χ1n) is 16.7. The van der Waals surface area contributed by atoms with Crippen LogP contribution < -0.4 is 11.1 Å². The first-order valence-corrected chi connectivity index (χ1v) is 18.3. The number of carbonyl (C=O) groups is 5. The normalized spacial score (nSPS) is 14.9. The number of esters is 4. The summed E-state index contributed by atoms with van der Waals surface area (Å²) in [7, 11) is 0. The molecule has 3 N–H and O–H groups in total. The highest BCUT2D eigenvalue weighted by Crippen LogP contribution is 2.40. The van der Waals surface area contributed by atoms with E-state index in [4.69, 9.17) is 15.2 Å². The third-order valence-electron chi connectivity index (χ3n) is 7.21. The Balaban J connectivity index is 0.000000300. The van der Waals surface area contributed by atoms with Gasteiger partial charge in [0.1, 0.15) is 21.2 Å². The first-order chi connectivity index (χ1) is 24.9. The fourth-order valence-corrected chi connectivity index (χ4v) is 7.49. The van der Waals surface area contributed by atoms with Gasteiger partial charge in [0, 0.05) is 9.75 Å². The summed E-state index contributed by atoms with van der Waals surface area (Å²) in [6.45, 7) is 10.7. The standard InChI is InChI=1S/C16H20F3NO3S.C14H21NO2S.C4F6O3/c1-15(2,3)23-13(21)11-9-7-5-4-6-8-10(9)24-12(11)20-14(22)16(17,18)19;1-14(2,3)17-13(16)11-9-7-5-4-6-8-10(9)18-12(11)15;5-3(6,7)1(11)13-2(12)4(8,9)10/h4-8H2,1-3H3,(H,20,22);4-8,15H2,1-3H3;. The smallest absolute Gasteiger partial charge is 0.456 e. The molecular formula is C34H41F9N2O8S2. The lowest BCUT2D eigenvalue weighted by atomic mass is 10.1. The molecular weight excluding hydrogens is 799 g/mol. The van der Waals surface area contributed by atoms with Gasteiger partial charge in [0.2, 0.25) is 0 Å². The molecule has 0 saturated carbocycles. The van der Waals surface area contributed by atoms with Crippen molar-refractivity contribution in [3.63, 3.8) is 0 Å². The van der Waals surface area contributed by atoms with Crippen molar-refractivity contribution in [2.24, 2.45) is 0 Å². The lowest BCUT2D eigenvalue weighted by Crippen LogP contribution is -2.34. The SMILES string of the molecule is CC(C)(C)OC(=O)c1c(N)sc2c1CCCCC2.CC(C)(C)OC(=O)c1c(NC(=O)C(F)(F)F)sc2c1CCCCC2.O=C(OC(=O)C(F)(F)F)C(F)(F)F. The van der Waals surface area contributed by atoms with Gasteiger partial charge >= 0.3 is 48.3 Å². The van der Waals surface area contributed by atoms with Crippen LogP contribution in [-0.2, 0) is 54.3 Å². The van der Waals surface area contributed by atoms with Crippen LogP contribution in [0.2, 0.25) is 0 Å². The number of rotatable bonds is 3. The van der Waals surface area contributed by atoms with Gasteiger partial charge in [-0.15, -0.1) is 22.7 Å². The van der Waals surface area contributed by atoms with Gasteiger partial charge in [0.15, 0.2) is 0 Å². The van der Waals surface area contributed by atoms with E-state index >= 15 is 0 Å². The molecule has 2 aliphatic carbocycles. The van der Waals surface area contributed by atoms with E-state index in [-0.39, 0.29) is 16.5 Å². The van der Waals surface area contributed by atoms with Gasteiger partial charge in [0.05, 0.1) is 11.1 Å². The third kappa shape index (κ3) is 14.9. The quantitative estimate of drug-likeness (QED) is 0.101. The van der Waals surface area contributed by atoms with E-state index in [0.717, 1.165) is 60.3 Å². The average molecular weight is 841 g/mol. The summed E-state index contributed by atoms with van der Waals surface area (Å²) in [5, 5.41) is 2.40. The van der Waals surface area contributed by atoms with E-state index in [1.54, 1.807) is 32.1 Å². The molecule has 0 bridgehead atoms. The third-order valence-corrected chi connectivity index (χ3v) is 9.54. The number of ether oxygens (including phenoxy) is 3. The summed E-state index contributed by atoms with van der Waals surface area (Å²) in [4.78, 5) is 57.5. The molecule has 0 unspecified atom stereocenters. The van der Waals surface area contributed by atoms with Crippen molar-refractivity contribution >= 4 is 62.5 Å². The van der Waals surface area contributed by atoms with Crippen LogP contribution in [-0.4, -0.2) is 59.5 Å². The second kappa shape index (κ2) is 18.4. The molecule has 4 rings (SSSR count). The van der Waals surface area contributed by atoms with Crippen LogP contribution in [0.15, 0.2) is 0 Å². The minimum atomic E-state index is -5.62. The number of nitrogens with one attached hydrogen (secondary N) is 1. The van der Waals surface area contributed by atoms with Gasteiger partial charge in [0.25, 0.3) is 0 Å². The zero-order valence-electron chi connectivity index (χ0n) is 30.6. The Morgan fingerprint density at radius 3 is 1.35 bits per heavy atom. The predicted octanol–water partition coefficient (Wildman–Crippen LogP) is 9.21. The number of fused-ring (bicyclic) bond motifs is 2. The van der Waals surface area contributed by atoms with E-state index in [1.165, 1.54) is 17.7 Å². The van der Waals surface area contributed by atoms with Gasteiger partial charge in [-0.2, -0.15) is 39.5 Å². The van der Waals surface area contributed by atoms with E-state index in [2.05, 4.69) is 4.74 Å². The molecule has 0 radical (unpaired) electrons. The molecule has 310 valence electrons. The summed E-state index contributed by atoms with van der Waals surface area (Å²) < 4.78 is 118. The van der Waals surface area contributed by atoms with Gasteiger partial charge < -0.3 is 25.3 Å². The molecule has 21 heteroatoms. The molecule has 0 spiro atoms. The van der Waals surface area contributed by atoms with Crippen molar-refractivity contribution in [3.8, 4) is 0 Å². The van der Waals surface area contributed by atoms with Crippen molar-refractivity contribution in [1.82, 2.24) is 0 Å². The highest BCUT2D eigenvalue weighted by atomic mass is 32.1. The number of anilines is 2. The maximum Gasteiger partial charge on any atom is 0.491 e. The average Bonchev–Trinajstić information content (AvgIpc) is 3.26. The van der Waals surface area contributed by atoms with Crippen LogP contribution in [0.1, 0.15) is 122 Å². The molecule has 55 heavy (non-hydrogen) atoms. The zero-order chi connectivity index (χ0) is 42.3. The number of thiophene rings is 2. The highest BCUT2D eigenvalue weighted by molar-refractivity contribution is 7.17. The summed E-state index contributed by atoms with van der Waals surface area (Å²) in [5.41, 5.74) is 7.32. The molecule has 2 aromatic rings. The van der Waals surface area contributed by atoms with Crippen molar-refractivity contribution < 1.29 is 77.7 Å². The minimum Gasteiger partial charge on any atom is -0.456 e. The Morgan fingerprint density at radius 2 is 0.945 bits per heavy atom. The van der Waals surface area contributed by atoms with Crippen molar-refractivity contribution in [3.05, 3.63) is 32.0 Å². The molecule has 0 aliphatic heterocycles. The van der Waals surface area contributed by atoms with Gasteiger partial charge in [-0.05, 0) is 104 Å². The second-order valence-corrected chi connectivity index (χ2v) is 16.4. The molecule has 10 nitrogen and oxygen atoms in total. The second-order valence-electron chi connectivity index (χ2n) is 14.2. The maximum atomic E-state index is 12.6. The number of amides is 1. The van der Waals surface area contributed by atoms with Crippen LogP contribution in [0.4, 0.5) is 49.5 Å². The Kier molecular flexibility index (Phi) is 15.8. The van der Waals surface area contributed by atoms with Crippen molar-refractivity contribution in [1.29, 1.82) is 0 Å². The molecule has 2 aliphatic rings. The van der Waals surface area contributed by atoms with Crippen LogP contribution in [0.25, 0.3) is 0 Å². The van der Waals surface area contributed by atoms with E-state index in [0.29, 0.717) is 29.0 Å². The van der Waals surface area contributed by atoms with Gasteiger partial charge in [-0.1, -0.05) is 12.8 Å². The predicted molar refractivity (Wildman–Crippen MR) is 184 cm³/mol. The van der Waals surface area contributed by atoms with E-state index in [1.807, 2.05) is 26.1 Å². The molecule has 2 aromatic heterocycles. The Morgan fingerprint density at radius 1 is 0.564 bits per heavy atom. The van der Waals surface area contributed by atoms with Crippen LogP contribution in [0, 0.1) is 0 Å². The maximum absolute atomic E-state index is 12.6. The number of hydrogen-bond donors (Lipinski definition) is 2. The summed E-state index contributed by atoms with van der Waals surface area (Å²) in [6.07, 6.45) is -6.63. The summed E-state index contributed by atoms with van der Waals surface area (Å²) >= 11 is 2.60. The largest absolute Gasteiger partial charge is 0.491 e. The van der Waals surface area contributed by atoms with Crippen molar-refractivity contribution in [2.75, 3.05) is 11.1 Å². The molecule has 0 fully saturated rings. The number of carbonyl (C=O) groups excluding carboxylic acids is 5. The Bertz CT molecular complexity index is 1690. The number of halogens is 9. The van der Waals surface area contributed by atoms with Gasteiger partial charge in [-0.25, -0.2) is 19.2 Å². The lowest BCUT2D eigenvalue weighted by Gasteiger charge is -2.20. The zero-order valence-corrected chi connectivity index (χ0v) is 32.3. The molecule has 0 saturated heterocycles. The first kappa shape index (κ1) is 47.3. The van der Waals surface area contributed by atoms with Crippen LogP contribution in [0.5, 0.6) is 0 Å². The topological polar surface area (TPSA) is 151 Å². The monoisotopic (exact) mass is 840 g/mol. The van der Waals surface area contributed by atoms with Crippen LogP contribution in [0.3, 0.4) is 0 Å². The minimum absolute atomic E-state index is 0.0709. The number of alkyl halides is 9. The fourth-order valence-electron chi connectivity index (χ4n) is 5.07. The van der Waals surface area contributed by atoms with E-state index in [9.17, 15) is 63.5 Å². The number of nitrogens with two attached hydrogens (primary N) is 1. The Hall–Kier alpha value is -3.88.